The minimum atomic E-state index is -0.666. The monoisotopic (exact) mass is 459 g/mol. The van der Waals surface area contributed by atoms with Gasteiger partial charge in [-0.3, -0.25) is 19.8 Å². The summed E-state index contributed by atoms with van der Waals surface area (Å²) < 4.78 is 23.3. The topological polar surface area (TPSA) is 102 Å². The van der Waals surface area contributed by atoms with E-state index in [1.54, 1.807) is 17.0 Å². The number of hydrogen-bond acceptors (Lipinski definition) is 7. The summed E-state index contributed by atoms with van der Waals surface area (Å²) in [5.74, 6) is -1.44. The summed E-state index contributed by atoms with van der Waals surface area (Å²) in [5.41, 5.74) is 0.722. The minimum absolute atomic E-state index is 0.0483. The number of piperazine rings is 1. The number of hydrogen-bond donors (Lipinski definition) is 0. The van der Waals surface area contributed by atoms with Crippen molar-refractivity contribution in [2.24, 2.45) is 0 Å². The largest absolute Gasteiger partial charge is 0.477 e. The molecule has 176 valence electrons. The molecule has 10 heteroatoms. The molecular formula is C23H26FN3O6. The van der Waals surface area contributed by atoms with Crippen LogP contribution >= 0.6 is 0 Å². The molecule has 0 spiro atoms. The van der Waals surface area contributed by atoms with Crippen LogP contribution in [0.25, 0.3) is 0 Å². The third-order valence-corrected chi connectivity index (χ3v) is 5.66. The number of ether oxygens (including phenoxy) is 2. The van der Waals surface area contributed by atoms with Crippen molar-refractivity contribution in [1.82, 2.24) is 9.80 Å². The van der Waals surface area contributed by atoms with Gasteiger partial charge in [-0.05, 0) is 37.6 Å². The van der Waals surface area contributed by atoms with Crippen LogP contribution in [0.15, 0.2) is 42.5 Å². The predicted octanol–water partition coefficient (Wildman–Crippen LogP) is 3.02. The number of nitrogens with zero attached hydrogens (tertiary/aromatic N) is 3. The Hall–Kier alpha value is -3.53. The Bertz CT molecular complexity index is 1030. The average Bonchev–Trinajstić information content (AvgIpc) is 2.80. The van der Waals surface area contributed by atoms with Gasteiger partial charge in [-0.1, -0.05) is 12.1 Å². The molecule has 2 atom stereocenters. The van der Waals surface area contributed by atoms with Crippen molar-refractivity contribution in [3.8, 4) is 5.75 Å². The van der Waals surface area contributed by atoms with E-state index in [0.717, 1.165) is 11.6 Å². The summed E-state index contributed by atoms with van der Waals surface area (Å²) in [6.45, 7) is 5.22. The van der Waals surface area contributed by atoms with Gasteiger partial charge in [0.15, 0.2) is 12.4 Å². The first-order valence-corrected chi connectivity index (χ1v) is 10.5. The quantitative estimate of drug-likeness (QED) is 0.356. The Morgan fingerprint density at radius 1 is 1.12 bits per heavy atom. The molecule has 1 aliphatic rings. The lowest BCUT2D eigenvalue weighted by atomic mass is 10.1. The van der Waals surface area contributed by atoms with E-state index >= 15 is 0 Å². The number of nitro benzene ring substituents is 1. The number of carbonyl (C=O) groups excluding carboxylic acids is 2. The summed E-state index contributed by atoms with van der Waals surface area (Å²) in [4.78, 5) is 39.2. The van der Waals surface area contributed by atoms with Crippen molar-refractivity contribution >= 4 is 17.6 Å². The highest BCUT2D eigenvalue weighted by atomic mass is 19.1. The molecule has 3 rings (SSSR count). The van der Waals surface area contributed by atoms with Crippen LogP contribution in [-0.2, 0) is 16.1 Å². The van der Waals surface area contributed by atoms with Crippen molar-refractivity contribution in [2.45, 2.75) is 32.5 Å². The Balaban J connectivity index is 1.64. The maximum atomic E-state index is 13.2. The number of carbonyl (C=O) groups is 2. The molecule has 0 aromatic heterocycles. The highest BCUT2D eigenvalue weighted by molar-refractivity contribution is 5.90. The SMILES string of the molecule is COC(=O)c1ccc([N+](=O)[O-])c(OCC(=O)N2CC(C)N(Cc3ccc(F)cc3)CC2C)c1. The second-order valence-corrected chi connectivity index (χ2v) is 8.02. The van der Waals surface area contributed by atoms with Gasteiger partial charge in [0.25, 0.3) is 5.91 Å². The van der Waals surface area contributed by atoms with Crippen LogP contribution in [0.4, 0.5) is 10.1 Å². The van der Waals surface area contributed by atoms with Gasteiger partial charge in [0.05, 0.1) is 17.6 Å². The Morgan fingerprint density at radius 2 is 1.82 bits per heavy atom. The lowest BCUT2D eigenvalue weighted by molar-refractivity contribution is -0.385. The van der Waals surface area contributed by atoms with Gasteiger partial charge in [-0.2, -0.15) is 0 Å². The molecule has 0 N–H and O–H groups in total. The van der Waals surface area contributed by atoms with Gasteiger partial charge in [-0.15, -0.1) is 0 Å². The van der Waals surface area contributed by atoms with Gasteiger partial charge in [0, 0.05) is 43.9 Å². The molecule has 9 nitrogen and oxygen atoms in total. The first-order chi connectivity index (χ1) is 15.7. The van der Waals surface area contributed by atoms with Crippen LogP contribution in [-0.4, -0.2) is 65.5 Å². The van der Waals surface area contributed by atoms with Gasteiger partial charge in [-0.25, -0.2) is 9.18 Å². The molecular weight excluding hydrogens is 433 g/mol. The van der Waals surface area contributed by atoms with Crippen LogP contribution in [0.5, 0.6) is 5.75 Å². The van der Waals surface area contributed by atoms with E-state index in [1.807, 2.05) is 13.8 Å². The van der Waals surface area contributed by atoms with Crippen molar-refractivity contribution < 1.29 is 28.4 Å². The summed E-state index contributed by atoms with van der Waals surface area (Å²) in [6.07, 6.45) is 0. The third-order valence-electron chi connectivity index (χ3n) is 5.66. The molecule has 0 saturated carbocycles. The number of rotatable bonds is 7. The van der Waals surface area contributed by atoms with E-state index in [-0.39, 0.29) is 40.8 Å². The fourth-order valence-electron chi connectivity index (χ4n) is 3.84. The van der Waals surface area contributed by atoms with Gasteiger partial charge >= 0.3 is 11.7 Å². The third kappa shape index (κ3) is 5.83. The zero-order valence-corrected chi connectivity index (χ0v) is 18.7. The number of esters is 1. The molecule has 1 aliphatic heterocycles. The maximum absolute atomic E-state index is 13.2. The average molecular weight is 459 g/mol. The first-order valence-electron chi connectivity index (χ1n) is 10.5. The van der Waals surface area contributed by atoms with E-state index in [2.05, 4.69) is 9.64 Å². The Labute approximate surface area is 190 Å². The molecule has 2 aromatic rings. The van der Waals surface area contributed by atoms with Crippen molar-refractivity contribution in [3.05, 3.63) is 69.5 Å². The van der Waals surface area contributed by atoms with Gasteiger partial charge in [0.1, 0.15) is 5.82 Å². The van der Waals surface area contributed by atoms with E-state index in [4.69, 9.17) is 4.74 Å². The van der Waals surface area contributed by atoms with Crippen LogP contribution in [0, 0.1) is 15.9 Å². The van der Waals surface area contributed by atoms with Gasteiger partial charge < -0.3 is 14.4 Å². The summed E-state index contributed by atoms with van der Waals surface area (Å²) in [7, 11) is 1.20. The lowest BCUT2D eigenvalue weighted by Gasteiger charge is -2.44. The minimum Gasteiger partial charge on any atom is -0.477 e. The molecule has 2 aromatic carbocycles. The molecule has 1 heterocycles. The highest BCUT2D eigenvalue weighted by Gasteiger charge is 2.32. The molecule has 0 bridgehead atoms. The van der Waals surface area contributed by atoms with E-state index in [9.17, 15) is 24.1 Å². The van der Waals surface area contributed by atoms with E-state index in [1.165, 1.54) is 31.4 Å². The van der Waals surface area contributed by atoms with Gasteiger partial charge in [0.2, 0.25) is 0 Å². The van der Waals surface area contributed by atoms with Crippen LogP contribution in [0.2, 0.25) is 0 Å². The number of methoxy groups -OCH3 is 1. The van der Waals surface area contributed by atoms with E-state index in [0.29, 0.717) is 19.6 Å². The van der Waals surface area contributed by atoms with Crippen molar-refractivity contribution in [1.29, 1.82) is 0 Å². The smallest absolute Gasteiger partial charge is 0.337 e. The van der Waals surface area contributed by atoms with Crippen LogP contribution in [0.3, 0.4) is 0 Å². The molecule has 0 aliphatic carbocycles. The normalized spacial score (nSPS) is 18.6. The summed E-state index contributed by atoms with van der Waals surface area (Å²) in [6, 6.07) is 9.88. The fourth-order valence-corrected chi connectivity index (χ4v) is 3.84. The number of amides is 1. The summed E-state index contributed by atoms with van der Waals surface area (Å²) >= 11 is 0. The molecule has 0 radical (unpaired) electrons. The highest BCUT2D eigenvalue weighted by Crippen LogP contribution is 2.28. The molecule has 2 unspecified atom stereocenters. The summed E-state index contributed by atoms with van der Waals surface area (Å²) in [5, 5.41) is 11.3. The maximum Gasteiger partial charge on any atom is 0.337 e. The molecule has 33 heavy (non-hydrogen) atoms. The van der Waals surface area contributed by atoms with Crippen LogP contribution in [0.1, 0.15) is 29.8 Å². The van der Waals surface area contributed by atoms with Crippen molar-refractivity contribution in [2.75, 3.05) is 26.8 Å². The number of nitro groups is 1. The first kappa shape index (κ1) is 24.1. The second kappa shape index (κ2) is 10.4. The molecule has 1 fully saturated rings. The van der Waals surface area contributed by atoms with Crippen LogP contribution < -0.4 is 4.74 Å². The second-order valence-electron chi connectivity index (χ2n) is 8.02. The Morgan fingerprint density at radius 3 is 2.45 bits per heavy atom. The number of benzene rings is 2. The zero-order chi connectivity index (χ0) is 24.1. The lowest BCUT2D eigenvalue weighted by Crippen LogP contribution is -2.58. The standard InChI is InChI=1S/C23H26FN3O6/c1-15-12-26(16(2)11-25(15)13-17-4-7-19(24)8-5-17)22(28)14-33-21-10-18(23(29)32-3)6-9-20(21)27(30)31/h4-10,15-16H,11-14H2,1-3H3. The number of halogens is 1. The predicted molar refractivity (Wildman–Crippen MR) is 117 cm³/mol. The fraction of sp³-hybridized carbons (Fsp3) is 0.391. The van der Waals surface area contributed by atoms with Crippen molar-refractivity contribution in [3.63, 3.8) is 0 Å². The Kier molecular flexibility index (Phi) is 7.59. The molecule has 1 saturated heterocycles. The van der Waals surface area contributed by atoms with E-state index < -0.39 is 17.5 Å². The zero-order valence-electron chi connectivity index (χ0n) is 18.7. The molecule has 1 amide bonds.